The second-order valence-electron chi connectivity index (χ2n) is 5.67. The van der Waals surface area contributed by atoms with Gasteiger partial charge in [0, 0.05) is 10.8 Å². The van der Waals surface area contributed by atoms with Crippen molar-refractivity contribution in [3.8, 4) is 10.4 Å². The lowest BCUT2D eigenvalue weighted by atomic mass is 9.97. The van der Waals surface area contributed by atoms with E-state index in [0.29, 0.717) is 11.3 Å². The molecule has 1 aliphatic heterocycles. The molecule has 22 heavy (non-hydrogen) atoms. The molecule has 0 aliphatic carbocycles. The zero-order valence-corrected chi connectivity index (χ0v) is 13.0. The number of piperidine rings is 1. The number of thiophene rings is 1. The summed E-state index contributed by atoms with van der Waals surface area (Å²) in [7, 11) is 0. The van der Waals surface area contributed by atoms with E-state index in [2.05, 4.69) is 22.4 Å². The molecule has 3 aromatic rings. The third-order valence-corrected chi connectivity index (χ3v) is 5.28. The normalized spacial score (nSPS) is 16.2. The second kappa shape index (κ2) is 5.66. The Balaban J connectivity index is 1.79. The third-order valence-electron chi connectivity index (χ3n) is 4.20. The molecule has 0 radical (unpaired) electrons. The first-order valence-electron chi connectivity index (χ1n) is 7.61. The SMILES string of the molecule is O=c1[nH]c(C2CCNCC2)nc2sc(-c3ccccc3)cc12. The van der Waals surface area contributed by atoms with E-state index in [-0.39, 0.29) is 5.56 Å². The summed E-state index contributed by atoms with van der Waals surface area (Å²) in [5, 5.41) is 4.04. The van der Waals surface area contributed by atoms with Crippen LogP contribution in [0.5, 0.6) is 0 Å². The maximum absolute atomic E-state index is 12.4. The molecule has 4 nitrogen and oxygen atoms in total. The lowest BCUT2D eigenvalue weighted by Gasteiger charge is -2.21. The van der Waals surface area contributed by atoms with Gasteiger partial charge in [-0.1, -0.05) is 30.3 Å². The van der Waals surface area contributed by atoms with Crippen molar-refractivity contribution >= 4 is 21.6 Å². The lowest BCUT2D eigenvalue weighted by Crippen LogP contribution is -2.28. The summed E-state index contributed by atoms with van der Waals surface area (Å²) in [5.41, 5.74) is 1.12. The van der Waals surface area contributed by atoms with Crippen molar-refractivity contribution in [1.82, 2.24) is 15.3 Å². The highest BCUT2D eigenvalue weighted by atomic mass is 32.1. The first-order chi connectivity index (χ1) is 10.8. The highest BCUT2D eigenvalue weighted by Gasteiger charge is 2.19. The zero-order chi connectivity index (χ0) is 14.9. The van der Waals surface area contributed by atoms with Gasteiger partial charge in [0.1, 0.15) is 10.7 Å². The van der Waals surface area contributed by atoms with Crippen LogP contribution in [0.2, 0.25) is 0 Å². The fourth-order valence-corrected chi connectivity index (χ4v) is 4.03. The largest absolute Gasteiger partial charge is 0.317 e. The molecule has 0 unspecified atom stereocenters. The van der Waals surface area contributed by atoms with E-state index in [1.807, 2.05) is 24.3 Å². The van der Waals surface area contributed by atoms with Gasteiger partial charge in [-0.05, 0) is 37.6 Å². The number of nitrogens with one attached hydrogen (secondary N) is 2. The molecule has 0 amide bonds. The molecule has 3 heterocycles. The van der Waals surface area contributed by atoms with E-state index >= 15 is 0 Å². The Morgan fingerprint density at radius 3 is 2.68 bits per heavy atom. The van der Waals surface area contributed by atoms with Crippen LogP contribution < -0.4 is 10.9 Å². The zero-order valence-electron chi connectivity index (χ0n) is 12.1. The number of nitrogens with zero attached hydrogens (tertiary/aromatic N) is 1. The Labute approximate surface area is 132 Å². The number of benzene rings is 1. The Bertz CT molecular complexity index is 847. The summed E-state index contributed by atoms with van der Waals surface area (Å²) in [6.07, 6.45) is 2.07. The number of hydrogen-bond acceptors (Lipinski definition) is 4. The van der Waals surface area contributed by atoms with E-state index in [0.717, 1.165) is 47.0 Å². The number of aromatic nitrogens is 2. The average molecular weight is 311 g/mol. The molecular weight excluding hydrogens is 294 g/mol. The van der Waals surface area contributed by atoms with Crippen LogP contribution in [-0.4, -0.2) is 23.1 Å². The molecule has 1 fully saturated rings. The van der Waals surface area contributed by atoms with Gasteiger partial charge in [-0.3, -0.25) is 4.79 Å². The molecule has 1 aromatic carbocycles. The number of H-pyrrole nitrogens is 1. The van der Waals surface area contributed by atoms with Crippen molar-refractivity contribution in [2.24, 2.45) is 0 Å². The van der Waals surface area contributed by atoms with Crippen molar-refractivity contribution in [2.45, 2.75) is 18.8 Å². The van der Waals surface area contributed by atoms with Crippen LogP contribution in [0.4, 0.5) is 0 Å². The molecule has 2 N–H and O–H groups in total. The third kappa shape index (κ3) is 2.46. The van der Waals surface area contributed by atoms with E-state index in [4.69, 9.17) is 4.98 Å². The summed E-state index contributed by atoms with van der Waals surface area (Å²) in [6.45, 7) is 1.98. The van der Waals surface area contributed by atoms with E-state index in [1.54, 1.807) is 11.3 Å². The molecule has 0 spiro atoms. The summed E-state index contributed by atoms with van der Waals surface area (Å²) in [4.78, 5) is 22.1. The summed E-state index contributed by atoms with van der Waals surface area (Å²) in [5.74, 6) is 1.21. The van der Waals surface area contributed by atoms with Crippen LogP contribution in [0.3, 0.4) is 0 Å². The van der Waals surface area contributed by atoms with Crippen LogP contribution in [-0.2, 0) is 0 Å². The fourth-order valence-electron chi connectivity index (χ4n) is 2.98. The van der Waals surface area contributed by atoms with E-state index < -0.39 is 0 Å². The molecule has 1 aliphatic rings. The maximum atomic E-state index is 12.4. The molecule has 5 heteroatoms. The number of aromatic amines is 1. The van der Waals surface area contributed by atoms with Gasteiger partial charge in [0.2, 0.25) is 0 Å². The second-order valence-corrected chi connectivity index (χ2v) is 6.70. The molecule has 4 rings (SSSR count). The van der Waals surface area contributed by atoms with Gasteiger partial charge in [0.25, 0.3) is 5.56 Å². The van der Waals surface area contributed by atoms with Gasteiger partial charge in [-0.25, -0.2) is 4.98 Å². The molecule has 0 atom stereocenters. The highest BCUT2D eigenvalue weighted by molar-refractivity contribution is 7.21. The Morgan fingerprint density at radius 2 is 1.91 bits per heavy atom. The first kappa shape index (κ1) is 13.7. The molecule has 0 bridgehead atoms. The van der Waals surface area contributed by atoms with Crippen molar-refractivity contribution in [3.63, 3.8) is 0 Å². The van der Waals surface area contributed by atoms with Crippen LogP contribution in [0.15, 0.2) is 41.2 Å². The predicted octanol–water partition coefficient (Wildman–Crippen LogP) is 3.12. The minimum atomic E-state index is -0.0167. The van der Waals surface area contributed by atoms with Crippen LogP contribution in [0.1, 0.15) is 24.6 Å². The van der Waals surface area contributed by atoms with Gasteiger partial charge >= 0.3 is 0 Å². The monoisotopic (exact) mass is 311 g/mol. The van der Waals surface area contributed by atoms with Crippen LogP contribution >= 0.6 is 11.3 Å². The molecule has 2 aromatic heterocycles. The minimum absolute atomic E-state index is 0.0167. The molecular formula is C17H17N3OS. The number of fused-ring (bicyclic) bond motifs is 1. The molecule has 0 saturated carbocycles. The Kier molecular flexibility index (Phi) is 3.52. The standard InChI is InChI=1S/C17H17N3OS/c21-16-13-10-14(11-4-2-1-3-5-11)22-17(13)20-15(19-16)12-6-8-18-9-7-12/h1-5,10,12,18H,6-9H2,(H,19,20,21). The van der Waals surface area contributed by atoms with Crippen LogP contribution in [0.25, 0.3) is 20.7 Å². The van der Waals surface area contributed by atoms with E-state index in [1.165, 1.54) is 0 Å². The number of hydrogen-bond donors (Lipinski definition) is 2. The van der Waals surface area contributed by atoms with Crippen molar-refractivity contribution < 1.29 is 0 Å². The van der Waals surface area contributed by atoms with Crippen molar-refractivity contribution in [3.05, 3.63) is 52.6 Å². The van der Waals surface area contributed by atoms with Gasteiger partial charge in [0.05, 0.1) is 5.39 Å². The average Bonchev–Trinajstić information content (AvgIpc) is 3.01. The van der Waals surface area contributed by atoms with Gasteiger partial charge in [-0.15, -0.1) is 11.3 Å². The smallest absolute Gasteiger partial charge is 0.259 e. The van der Waals surface area contributed by atoms with Gasteiger partial charge in [-0.2, -0.15) is 0 Å². The number of rotatable bonds is 2. The predicted molar refractivity (Wildman–Crippen MR) is 90.5 cm³/mol. The fraction of sp³-hybridized carbons (Fsp3) is 0.294. The Hall–Kier alpha value is -1.98. The Morgan fingerprint density at radius 1 is 1.14 bits per heavy atom. The minimum Gasteiger partial charge on any atom is -0.317 e. The quantitative estimate of drug-likeness (QED) is 0.764. The van der Waals surface area contributed by atoms with Crippen molar-refractivity contribution in [1.29, 1.82) is 0 Å². The summed E-state index contributed by atoms with van der Waals surface area (Å²) in [6, 6.07) is 12.1. The van der Waals surface area contributed by atoms with E-state index in [9.17, 15) is 4.79 Å². The molecule has 1 saturated heterocycles. The highest BCUT2D eigenvalue weighted by Crippen LogP contribution is 2.32. The molecule has 112 valence electrons. The summed E-state index contributed by atoms with van der Waals surface area (Å²) >= 11 is 1.60. The van der Waals surface area contributed by atoms with Gasteiger partial charge in [0.15, 0.2) is 0 Å². The topological polar surface area (TPSA) is 57.8 Å². The van der Waals surface area contributed by atoms with Crippen LogP contribution in [0, 0.1) is 0 Å². The van der Waals surface area contributed by atoms with Crippen molar-refractivity contribution in [2.75, 3.05) is 13.1 Å². The first-order valence-corrected chi connectivity index (χ1v) is 8.43. The summed E-state index contributed by atoms with van der Waals surface area (Å²) < 4.78 is 0. The lowest BCUT2D eigenvalue weighted by molar-refractivity contribution is 0.445. The van der Waals surface area contributed by atoms with Gasteiger partial charge < -0.3 is 10.3 Å². The maximum Gasteiger partial charge on any atom is 0.259 e.